The molecule has 2 nitrogen and oxygen atoms in total. The smallest absolute Gasteiger partial charge is 0.0572 e. The van der Waals surface area contributed by atoms with Gasteiger partial charge in [0, 0.05) is 19.7 Å². The summed E-state index contributed by atoms with van der Waals surface area (Å²) in [5.41, 5.74) is 2.80. The van der Waals surface area contributed by atoms with Crippen molar-refractivity contribution < 1.29 is 4.74 Å². The molecule has 0 aliphatic heterocycles. The monoisotopic (exact) mass is 233 g/mol. The first-order valence-corrected chi connectivity index (χ1v) is 6.60. The summed E-state index contributed by atoms with van der Waals surface area (Å²) in [6.07, 6.45) is 5.37. The van der Waals surface area contributed by atoms with Gasteiger partial charge in [-0.2, -0.15) is 0 Å². The van der Waals surface area contributed by atoms with Gasteiger partial charge in [-0.3, -0.25) is 0 Å². The lowest BCUT2D eigenvalue weighted by Crippen LogP contribution is -2.34. The molecular formula is C15H23NO. The maximum atomic E-state index is 5.39. The van der Waals surface area contributed by atoms with Crippen LogP contribution < -0.4 is 5.32 Å². The molecule has 17 heavy (non-hydrogen) atoms. The number of benzene rings is 1. The largest absolute Gasteiger partial charge is 0.381 e. The first-order chi connectivity index (χ1) is 8.29. The molecule has 1 fully saturated rings. The number of nitrogens with one attached hydrogen (secondary N) is 1. The molecule has 0 spiro atoms. The van der Waals surface area contributed by atoms with Crippen molar-refractivity contribution in [1.82, 2.24) is 5.32 Å². The summed E-state index contributed by atoms with van der Waals surface area (Å²) < 4.78 is 5.39. The van der Waals surface area contributed by atoms with Crippen LogP contribution in [0.4, 0.5) is 0 Å². The Labute approximate surface area is 104 Å². The molecule has 1 N–H and O–H groups in total. The molecule has 1 aromatic carbocycles. The summed E-state index contributed by atoms with van der Waals surface area (Å²) in [5, 5.41) is 3.67. The van der Waals surface area contributed by atoms with Gasteiger partial charge in [-0.15, -0.1) is 0 Å². The summed E-state index contributed by atoms with van der Waals surface area (Å²) in [7, 11) is 1.83. The van der Waals surface area contributed by atoms with E-state index in [0.29, 0.717) is 12.1 Å². The molecular weight excluding hydrogens is 210 g/mol. The second-order valence-corrected chi connectivity index (χ2v) is 5.02. The van der Waals surface area contributed by atoms with Crippen LogP contribution in [0.15, 0.2) is 24.3 Å². The Morgan fingerprint density at radius 3 is 2.53 bits per heavy atom. The first-order valence-electron chi connectivity index (χ1n) is 6.60. The van der Waals surface area contributed by atoms with Gasteiger partial charge in [-0.25, -0.2) is 0 Å². The highest BCUT2D eigenvalue weighted by Gasteiger charge is 2.20. The van der Waals surface area contributed by atoms with Crippen molar-refractivity contribution >= 4 is 0 Å². The summed E-state index contributed by atoms with van der Waals surface area (Å²) in [6.45, 7) is 3.17. The maximum absolute atomic E-state index is 5.39. The zero-order valence-electron chi connectivity index (χ0n) is 10.9. The number of hydrogen-bond donors (Lipinski definition) is 1. The van der Waals surface area contributed by atoms with Crippen LogP contribution in [0.25, 0.3) is 0 Å². The third kappa shape index (κ3) is 3.55. The number of ether oxygens (including phenoxy) is 1. The minimum atomic E-state index is 0.492. The molecule has 0 saturated heterocycles. The van der Waals surface area contributed by atoms with Gasteiger partial charge < -0.3 is 10.1 Å². The standard InChI is InChI=1S/C15H23NO/c1-12-5-3-4-6-13(12)11-16-14-7-9-15(17-2)10-8-14/h3-6,14-16H,7-11H2,1-2H3. The second kappa shape index (κ2) is 6.18. The summed E-state index contributed by atoms with van der Waals surface area (Å²) >= 11 is 0. The number of rotatable bonds is 4. The van der Waals surface area contributed by atoms with Gasteiger partial charge in [0.05, 0.1) is 6.10 Å². The SMILES string of the molecule is COC1CCC(NCc2ccccc2C)CC1. The van der Waals surface area contributed by atoms with Gasteiger partial charge in [0.2, 0.25) is 0 Å². The molecule has 1 saturated carbocycles. The zero-order valence-corrected chi connectivity index (χ0v) is 10.9. The maximum Gasteiger partial charge on any atom is 0.0572 e. The Morgan fingerprint density at radius 1 is 1.18 bits per heavy atom. The van der Waals surface area contributed by atoms with E-state index in [1.165, 1.54) is 36.8 Å². The molecule has 0 unspecified atom stereocenters. The quantitative estimate of drug-likeness (QED) is 0.863. The highest BCUT2D eigenvalue weighted by atomic mass is 16.5. The lowest BCUT2D eigenvalue weighted by molar-refractivity contribution is 0.0624. The molecule has 0 atom stereocenters. The molecule has 1 aliphatic rings. The Bertz CT molecular complexity index is 343. The molecule has 0 amide bonds. The van der Waals surface area contributed by atoms with Gasteiger partial charge in [0.25, 0.3) is 0 Å². The minimum absolute atomic E-state index is 0.492. The number of methoxy groups -OCH3 is 1. The molecule has 1 aromatic rings. The fourth-order valence-electron chi connectivity index (χ4n) is 2.57. The van der Waals surface area contributed by atoms with Crippen molar-refractivity contribution in [2.45, 2.75) is 51.3 Å². The van der Waals surface area contributed by atoms with E-state index in [-0.39, 0.29) is 0 Å². The van der Waals surface area contributed by atoms with Gasteiger partial charge in [-0.1, -0.05) is 24.3 Å². The van der Waals surface area contributed by atoms with E-state index in [9.17, 15) is 0 Å². The lowest BCUT2D eigenvalue weighted by atomic mass is 9.92. The fourth-order valence-corrected chi connectivity index (χ4v) is 2.57. The Hall–Kier alpha value is -0.860. The Balaban J connectivity index is 1.78. The lowest BCUT2D eigenvalue weighted by Gasteiger charge is -2.28. The van der Waals surface area contributed by atoms with Crippen molar-refractivity contribution in [3.63, 3.8) is 0 Å². The van der Waals surface area contributed by atoms with Crippen LogP contribution in [0, 0.1) is 6.92 Å². The van der Waals surface area contributed by atoms with Crippen molar-refractivity contribution in [3.05, 3.63) is 35.4 Å². The second-order valence-electron chi connectivity index (χ2n) is 5.02. The molecule has 2 heteroatoms. The highest BCUT2D eigenvalue weighted by molar-refractivity contribution is 5.25. The van der Waals surface area contributed by atoms with E-state index in [4.69, 9.17) is 4.74 Å². The Kier molecular flexibility index (Phi) is 4.57. The van der Waals surface area contributed by atoms with Gasteiger partial charge in [-0.05, 0) is 43.7 Å². The minimum Gasteiger partial charge on any atom is -0.381 e. The third-order valence-electron chi connectivity index (χ3n) is 3.85. The number of aryl methyl sites for hydroxylation is 1. The van der Waals surface area contributed by atoms with Crippen LogP contribution in [0.1, 0.15) is 36.8 Å². The van der Waals surface area contributed by atoms with Crippen molar-refractivity contribution in [2.75, 3.05) is 7.11 Å². The topological polar surface area (TPSA) is 21.3 Å². The van der Waals surface area contributed by atoms with E-state index in [0.717, 1.165) is 6.54 Å². The van der Waals surface area contributed by atoms with Gasteiger partial charge >= 0.3 is 0 Å². The zero-order chi connectivity index (χ0) is 12.1. The highest BCUT2D eigenvalue weighted by Crippen LogP contribution is 2.21. The summed E-state index contributed by atoms with van der Waals surface area (Å²) in [6, 6.07) is 9.28. The van der Waals surface area contributed by atoms with Crippen molar-refractivity contribution in [1.29, 1.82) is 0 Å². The molecule has 94 valence electrons. The van der Waals surface area contributed by atoms with E-state index in [1.807, 2.05) is 7.11 Å². The molecule has 2 rings (SSSR count). The molecule has 0 heterocycles. The summed E-state index contributed by atoms with van der Waals surface area (Å²) in [5.74, 6) is 0. The third-order valence-corrected chi connectivity index (χ3v) is 3.85. The average molecular weight is 233 g/mol. The predicted molar refractivity (Wildman–Crippen MR) is 71.1 cm³/mol. The molecule has 0 radical (unpaired) electrons. The molecule has 0 aromatic heterocycles. The summed E-state index contributed by atoms with van der Waals surface area (Å²) in [4.78, 5) is 0. The van der Waals surface area contributed by atoms with E-state index >= 15 is 0 Å². The van der Waals surface area contributed by atoms with Crippen LogP contribution in [0.2, 0.25) is 0 Å². The van der Waals surface area contributed by atoms with Crippen LogP contribution >= 0.6 is 0 Å². The average Bonchev–Trinajstić information content (AvgIpc) is 2.38. The van der Waals surface area contributed by atoms with E-state index in [1.54, 1.807) is 0 Å². The van der Waals surface area contributed by atoms with Crippen molar-refractivity contribution in [2.24, 2.45) is 0 Å². The van der Waals surface area contributed by atoms with Crippen LogP contribution in [0.3, 0.4) is 0 Å². The predicted octanol–water partition coefficient (Wildman–Crippen LogP) is 3.04. The normalized spacial score (nSPS) is 24.8. The first kappa shape index (κ1) is 12.6. The van der Waals surface area contributed by atoms with Gasteiger partial charge in [0.1, 0.15) is 0 Å². The van der Waals surface area contributed by atoms with E-state index in [2.05, 4.69) is 36.5 Å². The molecule has 1 aliphatic carbocycles. The van der Waals surface area contributed by atoms with E-state index < -0.39 is 0 Å². The fraction of sp³-hybridized carbons (Fsp3) is 0.600. The van der Waals surface area contributed by atoms with Crippen LogP contribution in [-0.4, -0.2) is 19.3 Å². The van der Waals surface area contributed by atoms with Crippen molar-refractivity contribution in [3.8, 4) is 0 Å². The van der Waals surface area contributed by atoms with Crippen LogP contribution in [-0.2, 0) is 11.3 Å². The molecule has 0 bridgehead atoms. The van der Waals surface area contributed by atoms with Gasteiger partial charge in [0.15, 0.2) is 0 Å². The van der Waals surface area contributed by atoms with Crippen LogP contribution in [0.5, 0.6) is 0 Å². The number of hydrogen-bond acceptors (Lipinski definition) is 2. The Morgan fingerprint density at radius 2 is 1.88 bits per heavy atom.